The maximum absolute atomic E-state index is 11.5. The van der Waals surface area contributed by atoms with Crippen LogP contribution in [0.25, 0.3) is 0 Å². The molecule has 0 aromatic rings. The maximum Gasteiger partial charge on any atom is 0.178 e. The summed E-state index contributed by atoms with van der Waals surface area (Å²) in [5.41, 5.74) is 3.14. The van der Waals surface area contributed by atoms with E-state index in [0.717, 1.165) is 30.4 Å². The molecule has 0 aliphatic heterocycles. The van der Waals surface area contributed by atoms with Gasteiger partial charge in [0.1, 0.15) is 0 Å². The molecule has 1 spiro atoms. The zero-order chi connectivity index (χ0) is 12.6. The van der Waals surface area contributed by atoms with Crippen molar-refractivity contribution in [3.63, 3.8) is 0 Å². The SMILES string of the molecule is C=C(C)C1CCC2(C1)C(C)=CC(=O)C=C2CO. The van der Waals surface area contributed by atoms with Gasteiger partial charge in [-0.2, -0.15) is 0 Å². The number of aliphatic hydroxyl groups excluding tert-OH is 1. The van der Waals surface area contributed by atoms with Crippen molar-refractivity contribution >= 4 is 5.78 Å². The Hall–Kier alpha value is -1.15. The molecule has 1 N–H and O–H groups in total. The van der Waals surface area contributed by atoms with E-state index in [0.29, 0.717) is 5.92 Å². The second-order valence-corrected chi connectivity index (χ2v) is 5.43. The van der Waals surface area contributed by atoms with Crippen LogP contribution in [0.4, 0.5) is 0 Å². The van der Waals surface area contributed by atoms with Crippen molar-refractivity contribution in [1.29, 1.82) is 0 Å². The number of hydrogen-bond donors (Lipinski definition) is 1. The summed E-state index contributed by atoms with van der Waals surface area (Å²) in [6, 6.07) is 0. The average molecular weight is 232 g/mol. The van der Waals surface area contributed by atoms with Gasteiger partial charge in [-0.1, -0.05) is 17.7 Å². The summed E-state index contributed by atoms with van der Waals surface area (Å²) in [6.45, 7) is 8.11. The molecule has 2 nitrogen and oxygen atoms in total. The highest BCUT2D eigenvalue weighted by Crippen LogP contribution is 2.54. The molecule has 2 aliphatic carbocycles. The number of ketones is 1. The zero-order valence-electron chi connectivity index (χ0n) is 10.6. The molecule has 92 valence electrons. The Kier molecular flexibility index (Phi) is 3.09. The van der Waals surface area contributed by atoms with Crippen LogP contribution in [0, 0.1) is 11.3 Å². The number of carbonyl (C=O) groups excluding carboxylic acids is 1. The van der Waals surface area contributed by atoms with Crippen LogP contribution in [-0.2, 0) is 4.79 Å². The summed E-state index contributed by atoms with van der Waals surface area (Å²) in [6.07, 6.45) is 6.46. The molecule has 0 amide bonds. The van der Waals surface area contributed by atoms with Gasteiger partial charge in [0.2, 0.25) is 0 Å². The molecule has 2 unspecified atom stereocenters. The van der Waals surface area contributed by atoms with Gasteiger partial charge in [-0.15, -0.1) is 0 Å². The van der Waals surface area contributed by atoms with Crippen molar-refractivity contribution in [2.45, 2.75) is 33.1 Å². The lowest BCUT2D eigenvalue weighted by Crippen LogP contribution is -2.28. The molecule has 2 aliphatic rings. The minimum Gasteiger partial charge on any atom is -0.392 e. The summed E-state index contributed by atoms with van der Waals surface area (Å²) in [5.74, 6) is 0.525. The number of carbonyl (C=O) groups is 1. The molecule has 0 aromatic heterocycles. The van der Waals surface area contributed by atoms with Gasteiger partial charge in [-0.05, 0) is 56.8 Å². The predicted octanol–water partition coefficient (Wildman–Crippen LogP) is 2.80. The van der Waals surface area contributed by atoms with E-state index in [9.17, 15) is 9.90 Å². The molecule has 1 saturated carbocycles. The van der Waals surface area contributed by atoms with Crippen molar-refractivity contribution in [3.8, 4) is 0 Å². The smallest absolute Gasteiger partial charge is 0.178 e. The Morgan fingerprint density at radius 3 is 2.82 bits per heavy atom. The lowest BCUT2D eigenvalue weighted by molar-refractivity contribution is -0.110. The van der Waals surface area contributed by atoms with Crippen LogP contribution in [0.1, 0.15) is 33.1 Å². The highest BCUT2D eigenvalue weighted by Gasteiger charge is 2.44. The fraction of sp³-hybridized carbons (Fsp3) is 0.533. The Morgan fingerprint density at radius 1 is 1.59 bits per heavy atom. The van der Waals surface area contributed by atoms with Gasteiger partial charge in [-0.25, -0.2) is 0 Å². The molecule has 0 saturated heterocycles. The van der Waals surface area contributed by atoms with Crippen molar-refractivity contribution in [2.75, 3.05) is 6.61 Å². The van der Waals surface area contributed by atoms with Crippen molar-refractivity contribution < 1.29 is 9.90 Å². The minimum absolute atomic E-state index is 0.0101. The number of allylic oxidation sites excluding steroid dienone is 4. The first-order valence-corrected chi connectivity index (χ1v) is 6.19. The van der Waals surface area contributed by atoms with Gasteiger partial charge in [-0.3, -0.25) is 4.79 Å². The standard InChI is InChI=1S/C15H20O2/c1-10(2)12-4-5-15(8-12)11(3)6-14(17)7-13(15)9-16/h6-7,12,16H,1,4-5,8-9H2,2-3H3. The molecule has 0 heterocycles. The van der Waals surface area contributed by atoms with Crippen LogP contribution in [-0.4, -0.2) is 17.5 Å². The van der Waals surface area contributed by atoms with Crippen LogP contribution < -0.4 is 0 Å². The third-order valence-corrected chi connectivity index (χ3v) is 4.43. The molecule has 0 bridgehead atoms. The summed E-state index contributed by atoms with van der Waals surface area (Å²) < 4.78 is 0. The molecule has 17 heavy (non-hydrogen) atoms. The van der Waals surface area contributed by atoms with Crippen LogP contribution in [0.2, 0.25) is 0 Å². The summed E-state index contributed by atoms with van der Waals surface area (Å²) in [5, 5.41) is 9.51. The minimum atomic E-state index is -0.0771. The largest absolute Gasteiger partial charge is 0.392 e. The van der Waals surface area contributed by atoms with E-state index in [-0.39, 0.29) is 17.8 Å². The molecule has 2 heteroatoms. The van der Waals surface area contributed by atoms with Crippen molar-refractivity contribution in [2.24, 2.45) is 11.3 Å². The zero-order valence-corrected chi connectivity index (χ0v) is 10.6. The van der Waals surface area contributed by atoms with E-state index in [2.05, 4.69) is 13.5 Å². The van der Waals surface area contributed by atoms with Crippen LogP contribution in [0.3, 0.4) is 0 Å². The molecule has 0 aromatic carbocycles. The predicted molar refractivity (Wildman–Crippen MR) is 68.5 cm³/mol. The molecule has 1 fully saturated rings. The number of aliphatic hydroxyl groups is 1. The first-order valence-electron chi connectivity index (χ1n) is 6.19. The lowest BCUT2D eigenvalue weighted by atomic mass is 9.69. The van der Waals surface area contributed by atoms with E-state index in [1.165, 1.54) is 5.57 Å². The topological polar surface area (TPSA) is 37.3 Å². The quantitative estimate of drug-likeness (QED) is 0.743. The van der Waals surface area contributed by atoms with E-state index >= 15 is 0 Å². The first kappa shape index (κ1) is 12.3. The maximum atomic E-state index is 11.5. The fourth-order valence-electron chi connectivity index (χ4n) is 3.27. The lowest BCUT2D eigenvalue weighted by Gasteiger charge is -2.35. The molecule has 2 rings (SSSR count). The third-order valence-electron chi connectivity index (χ3n) is 4.43. The normalized spacial score (nSPS) is 32.6. The van der Waals surface area contributed by atoms with Gasteiger partial charge >= 0.3 is 0 Å². The molecule has 0 radical (unpaired) electrons. The van der Waals surface area contributed by atoms with Gasteiger partial charge in [0.15, 0.2) is 5.78 Å². The summed E-state index contributed by atoms with van der Waals surface area (Å²) in [4.78, 5) is 11.5. The van der Waals surface area contributed by atoms with Gasteiger partial charge in [0.25, 0.3) is 0 Å². The summed E-state index contributed by atoms with van der Waals surface area (Å²) >= 11 is 0. The third kappa shape index (κ3) is 1.91. The number of rotatable bonds is 2. The highest BCUT2D eigenvalue weighted by atomic mass is 16.3. The Bertz CT molecular complexity index is 428. The van der Waals surface area contributed by atoms with E-state index in [1.807, 2.05) is 6.92 Å². The average Bonchev–Trinajstić information content (AvgIpc) is 2.70. The Labute approximate surface area is 103 Å². The van der Waals surface area contributed by atoms with Gasteiger partial charge in [0, 0.05) is 5.41 Å². The van der Waals surface area contributed by atoms with E-state index < -0.39 is 0 Å². The van der Waals surface area contributed by atoms with E-state index in [4.69, 9.17) is 0 Å². The Balaban J connectivity index is 2.36. The first-order chi connectivity index (χ1) is 7.99. The molecular weight excluding hydrogens is 212 g/mol. The second-order valence-electron chi connectivity index (χ2n) is 5.43. The highest BCUT2D eigenvalue weighted by molar-refractivity contribution is 6.02. The monoisotopic (exact) mass is 232 g/mol. The summed E-state index contributed by atoms with van der Waals surface area (Å²) in [7, 11) is 0. The molecule has 2 atom stereocenters. The van der Waals surface area contributed by atoms with Gasteiger partial charge < -0.3 is 5.11 Å². The van der Waals surface area contributed by atoms with Crippen LogP contribution in [0.5, 0.6) is 0 Å². The van der Waals surface area contributed by atoms with Crippen molar-refractivity contribution in [3.05, 3.63) is 35.5 Å². The van der Waals surface area contributed by atoms with Crippen molar-refractivity contribution in [1.82, 2.24) is 0 Å². The number of hydrogen-bond acceptors (Lipinski definition) is 2. The van der Waals surface area contributed by atoms with Gasteiger partial charge in [0.05, 0.1) is 6.61 Å². The Morgan fingerprint density at radius 2 is 2.29 bits per heavy atom. The fourth-order valence-corrected chi connectivity index (χ4v) is 3.27. The van der Waals surface area contributed by atoms with Crippen LogP contribution in [0.15, 0.2) is 35.5 Å². The second kappa shape index (κ2) is 4.26. The van der Waals surface area contributed by atoms with Crippen LogP contribution >= 0.6 is 0 Å². The van der Waals surface area contributed by atoms with E-state index in [1.54, 1.807) is 12.2 Å². The molecular formula is C15H20O2.